The highest BCUT2D eigenvalue weighted by molar-refractivity contribution is 9.10. The normalized spacial score (nSPS) is 20.2. The highest BCUT2D eigenvalue weighted by Gasteiger charge is 2.46. The zero-order valence-electron chi connectivity index (χ0n) is 11.4. The van der Waals surface area contributed by atoms with E-state index in [2.05, 4.69) is 21.2 Å². The third-order valence-electron chi connectivity index (χ3n) is 3.46. The number of fused-ring (bicyclic) bond motifs is 1. The van der Waals surface area contributed by atoms with E-state index in [1.165, 1.54) is 18.4 Å². The highest BCUT2D eigenvalue weighted by Crippen LogP contribution is 2.39. The van der Waals surface area contributed by atoms with Crippen molar-refractivity contribution < 1.29 is 19.1 Å². The summed E-state index contributed by atoms with van der Waals surface area (Å²) < 4.78 is 5.81. The molecule has 1 aromatic heterocycles. The number of carbonyl (C=O) groups excluding carboxylic acids is 2. The van der Waals surface area contributed by atoms with Gasteiger partial charge in [0.25, 0.3) is 5.91 Å². The molecule has 0 bridgehead atoms. The maximum atomic E-state index is 12.1. The van der Waals surface area contributed by atoms with Crippen LogP contribution in [0, 0.1) is 0 Å². The summed E-state index contributed by atoms with van der Waals surface area (Å²) in [5.74, 6) is -0.443. The van der Waals surface area contributed by atoms with Gasteiger partial charge >= 0.3 is 0 Å². The molecule has 2 aromatic rings. The number of hydrogen-bond donors (Lipinski definition) is 2. The second-order valence-corrected chi connectivity index (χ2v) is 5.91. The molecule has 112 valence electrons. The first kappa shape index (κ1) is 14.7. The molecule has 6 heteroatoms. The van der Waals surface area contributed by atoms with Gasteiger partial charge in [-0.1, -0.05) is 15.9 Å². The standard InChI is InChI=1S/C16H12BrNO4/c17-10-3-6-14-13(8-10)16(21,15(20)18-14)9-11(19)4-5-12-2-1-7-22-12/h1-8,21H,9H2,(H,18,20)/b5-4+. The number of halogens is 1. The van der Waals surface area contributed by atoms with Crippen molar-refractivity contribution in [3.63, 3.8) is 0 Å². The van der Waals surface area contributed by atoms with Gasteiger partial charge in [0.2, 0.25) is 0 Å². The van der Waals surface area contributed by atoms with E-state index in [1.807, 2.05) is 0 Å². The van der Waals surface area contributed by atoms with Crippen LogP contribution in [0.1, 0.15) is 17.7 Å². The summed E-state index contributed by atoms with van der Waals surface area (Å²) in [4.78, 5) is 24.1. The fourth-order valence-electron chi connectivity index (χ4n) is 2.36. The Labute approximate surface area is 134 Å². The van der Waals surface area contributed by atoms with E-state index in [1.54, 1.807) is 30.3 Å². The van der Waals surface area contributed by atoms with Gasteiger partial charge in [-0.15, -0.1) is 0 Å². The number of ketones is 1. The molecule has 1 atom stereocenters. The third-order valence-corrected chi connectivity index (χ3v) is 3.95. The first-order valence-corrected chi connectivity index (χ1v) is 7.36. The Balaban J connectivity index is 1.83. The van der Waals surface area contributed by atoms with Crippen LogP contribution in [0.15, 0.2) is 51.6 Å². The first-order valence-electron chi connectivity index (χ1n) is 6.57. The predicted molar refractivity (Wildman–Crippen MR) is 84.0 cm³/mol. The smallest absolute Gasteiger partial charge is 0.261 e. The summed E-state index contributed by atoms with van der Waals surface area (Å²) in [6.07, 6.45) is 3.95. The molecule has 1 aliphatic rings. The Morgan fingerprint density at radius 1 is 1.41 bits per heavy atom. The third kappa shape index (κ3) is 2.63. The van der Waals surface area contributed by atoms with Crippen LogP contribution in [0.3, 0.4) is 0 Å². The molecule has 0 saturated carbocycles. The molecular formula is C16H12BrNO4. The van der Waals surface area contributed by atoms with Crippen LogP contribution < -0.4 is 5.32 Å². The molecule has 1 aromatic carbocycles. The fraction of sp³-hybridized carbons (Fsp3) is 0.125. The molecule has 0 aliphatic carbocycles. The minimum atomic E-state index is -1.86. The summed E-state index contributed by atoms with van der Waals surface area (Å²) in [7, 11) is 0. The van der Waals surface area contributed by atoms with E-state index < -0.39 is 11.5 Å². The van der Waals surface area contributed by atoms with Crippen LogP contribution in [-0.4, -0.2) is 16.8 Å². The van der Waals surface area contributed by atoms with Gasteiger partial charge in [0.1, 0.15) is 5.76 Å². The molecule has 1 aliphatic heterocycles. The predicted octanol–water partition coefficient (Wildman–Crippen LogP) is 2.85. The Bertz CT molecular complexity index is 766. The van der Waals surface area contributed by atoms with Gasteiger partial charge in [0, 0.05) is 15.7 Å². The van der Waals surface area contributed by atoms with Crippen LogP contribution in [0.5, 0.6) is 0 Å². The van der Waals surface area contributed by atoms with E-state index in [4.69, 9.17) is 4.42 Å². The number of amides is 1. The number of allylic oxidation sites excluding steroid dienone is 1. The number of anilines is 1. The second kappa shape index (κ2) is 5.55. The highest BCUT2D eigenvalue weighted by atomic mass is 79.9. The lowest BCUT2D eigenvalue weighted by molar-refractivity contribution is -0.138. The Morgan fingerprint density at radius 3 is 2.95 bits per heavy atom. The minimum absolute atomic E-state index is 0.334. The van der Waals surface area contributed by atoms with E-state index in [-0.39, 0.29) is 12.2 Å². The van der Waals surface area contributed by atoms with Gasteiger partial charge in [0.15, 0.2) is 11.4 Å². The SMILES string of the molecule is O=C(/C=C/c1ccco1)CC1(O)C(=O)Nc2ccc(Br)cc21. The number of hydrogen-bond acceptors (Lipinski definition) is 4. The maximum absolute atomic E-state index is 12.1. The first-order chi connectivity index (χ1) is 10.5. The molecule has 5 nitrogen and oxygen atoms in total. The lowest BCUT2D eigenvalue weighted by atomic mass is 9.90. The lowest BCUT2D eigenvalue weighted by Crippen LogP contribution is -2.36. The van der Waals surface area contributed by atoms with Crippen molar-refractivity contribution in [1.29, 1.82) is 0 Å². The average Bonchev–Trinajstić information content (AvgIpc) is 3.06. The number of benzene rings is 1. The van der Waals surface area contributed by atoms with Crippen LogP contribution in [0.2, 0.25) is 0 Å². The van der Waals surface area contributed by atoms with Crippen molar-refractivity contribution in [3.05, 3.63) is 58.5 Å². The number of furan rings is 1. The molecular weight excluding hydrogens is 350 g/mol. The van der Waals surface area contributed by atoms with Crippen molar-refractivity contribution in [2.75, 3.05) is 5.32 Å². The zero-order chi connectivity index (χ0) is 15.7. The topological polar surface area (TPSA) is 79.5 Å². The zero-order valence-corrected chi connectivity index (χ0v) is 13.0. The Hall–Kier alpha value is -2.18. The number of aliphatic hydroxyl groups is 1. The summed E-state index contributed by atoms with van der Waals surface area (Å²) >= 11 is 3.30. The lowest BCUT2D eigenvalue weighted by Gasteiger charge is -2.19. The summed E-state index contributed by atoms with van der Waals surface area (Å²) in [6.45, 7) is 0. The van der Waals surface area contributed by atoms with Crippen molar-refractivity contribution in [2.45, 2.75) is 12.0 Å². The molecule has 2 N–H and O–H groups in total. The Morgan fingerprint density at radius 2 is 2.23 bits per heavy atom. The molecule has 22 heavy (non-hydrogen) atoms. The van der Waals surface area contributed by atoms with Gasteiger partial charge in [-0.05, 0) is 42.5 Å². The molecule has 1 amide bonds. The maximum Gasteiger partial charge on any atom is 0.261 e. The van der Waals surface area contributed by atoms with Gasteiger partial charge < -0.3 is 14.8 Å². The average molecular weight is 362 g/mol. The molecule has 0 fully saturated rings. The number of carbonyl (C=O) groups is 2. The van der Waals surface area contributed by atoms with Crippen molar-refractivity contribution in [3.8, 4) is 0 Å². The van der Waals surface area contributed by atoms with E-state index in [0.717, 1.165) is 4.47 Å². The largest absolute Gasteiger partial charge is 0.465 e. The number of nitrogens with one attached hydrogen (secondary N) is 1. The summed E-state index contributed by atoms with van der Waals surface area (Å²) in [5.41, 5.74) is -0.950. The number of rotatable bonds is 4. The van der Waals surface area contributed by atoms with Crippen LogP contribution in [0.4, 0.5) is 5.69 Å². The van der Waals surface area contributed by atoms with E-state index >= 15 is 0 Å². The van der Waals surface area contributed by atoms with Gasteiger partial charge in [-0.3, -0.25) is 9.59 Å². The molecule has 3 rings (SSSR count). The quantitative estimate of drug-likeness (QED) is 0.820. The van der Waals surface area contributed by atoms with Gasteiger partial charge in [0.05, 0.1) is 12.7 Å². The van der Waals surface area contributed by atoms with Crippen molar-refractivity contribution in [2.24, 2.45) is 0 Å². The fourth-order valence-corrected chi connectivity index (χ4v) is 2.72. The van der Waals surface area contributed by atoms with Crippen molar-refractivity contribution >= 4 is 39.4 Å². The molecule has 1 unspecified atom stereocenters. The summed E-state index contributed by atoms with van der Waals surface area (Å²) in [5, 5.41) is 13.2. The van der Waals surface area contributed by atoms with Gasteiger partial charge in [-0.25, -0.2) is 0 Å². The van der Waals surface area contributed by atoms with Crippen LogP contribution in [-0.2, 0) is 15.2 Å². The van der Waals surface area contributed by atoms with Crippen LogP contribution in [0.25, 0.3) is 6.08 Å². The molecule has 2 heterocycles. The summed E-state index contributed by atoms with van der Waals surface area (Å²) in [6, 6.07) is 8.47. The molecule has 0 spiro atoms. The van der Waals surface area contributed by atoms with E-state index in [0.29, 0.717) is 17.0 Å². The van der Waals surface area contributed by atoms with Crippen molar-refractivity contribution in [1.82, 2.24) is 0 Å². The molecule has 0 saturated heterocycles. The monoisotopic (exact) mass is 361 g/mol. The van der Waals surface area contributed by atoms with Gasteiger partial charge in [-0.2, -0.15) is 0 Å². The Kier molecular flexibility index (Phi) is 3.72. The minimum Gasteiger partial charge on any atom is -0.465 e. The molecule has 0 radical (unpaired) electrons. The second-order valence-electron chi connectivity index (χ2n) is 5.00. The van der Waals surface area contributed by atoms with Crippen LogP contribution >= 0.6 is 15.9 Å². The van der Waals surface area contributed by atoms with E-state index in [9.17, 15) is 14.7 Å².